The van der Waals surface area contributed by atoms with Crippen molar-refractivity contribution in [2.45, 2.75) is 12.5 Å². The van der Waals surface area contributed by atoms with Crippen LogP contribution in [0.1, 0.15) is 18.2 Å². The molecule has 0 amide bonds. The first-order valence-corrected chi connectivity index (χ1v) is 5.08. The molecule has 0 saturated carbocycles. The SMILES string of the molecule is C=CCO[C@H](CC(=O)O)c1c([N+](=O)[O-])cnn1C. The van der Waals surface area contributed by atoms with Gasteiger partial charge in [0.2, 0.25) is 0 Å². The number of carboxylic acid groups (broad SMARTS) is 1. The molecule has 1 atom stereocenters. The second-order valence-electron chi connectivity index (χ2n) is 3.50. The number of aliphatic carboxylic acids is 1. The highest BCUT2D eigenvalue weighted by atomic mass is 16.6. The monoisotopic (exact) mass is 255 g/mol. The zero-order valence-electron chi connectivity index (χ0n) is 9.78. The molecule has 0 aliphatic rings. The summed E-state index contributed by atoms with van der Waals surface area (Å²) in [6, 6.07) is 0. The molecule has 18 heavy (non-hydrogen) atoms. The summed E-state index contributed by atoms with van der Waals surface area (Å²) < 4.78 is 6.50. The third-order valence-corrected chi connectivity index (χ3v) is 2.24. The molecule has 0 fully saturated rings. The molecule has 0 aliphatic heterocycles. The van der Waals surface area contributed by atoms with Crippen LogP contribution >= 0.6 is 0 Å². The third-order valence-electron chi connectivity index (χ3n) is 2.24. The fourth-order valence-corrected chi connectivity index (χ4v) is 1.53. The molecule has 0 saturated heterocycles. The van der Waals surface area contributed by atoms with Gasteiger partial charge < -0.3 is 9.84 Å². The molecule has 0 radical (unpaired) electrons. The lowest BCUT2D eigenvalue weighted by Gasteiger charge is -2.14. The van der Waals surface area contributed by atoms with Crippen LogP contribution in [0.5, 0.6) is 0 Å². The topological polar surface area (TPSA) is 107 Å². The van der Waals surface area contributed by atoms with Crippen molar-refractivity contribution in [1.82, 2.24) is 9.78 Å². The van der Waals surface area contributed by atoms with E-state index in [1.165, 1.54) is 17.8 Å². The Labute approximate surface area is 103 Å². The van der Waals surface area contributed by atoms with Gasteiger partial charge in [0.05, 0.1) is 18.0 Å². The Morgan fingerprint density at radius 2 is 2.50 bits per heavy atom. The van der Waals surface area contributed by atoms with Gasteiger partial charge in [-0.15, -0.1) is 6.58 Å². The van der Waals surface area contributed by atoms with Crippen LogP contribution in [0.2, 0.25) is 0 Å². The van der Waals surface area contributed by atoms with Gasteiger partial charge in [0.25, 0.3) is 0 Å². The number of nitrogens with zero attached hydrogens (tertiary/aromatic N) is 3. The number of aryl methyl sites for hydroxylation is 1. The Kier molecular flexibility index (Phi) is 4.55. The van der Waals surface area contributed by atoms with E-state index in [0.717, 1.165) is 6.20 Å². The third kappa shape index (κ3) is 3.14. The fourth-order valence-electron chi connectivity index (χ4n) is 1.53. The molecule has 1 heterocycles. The Bertz CT molecular complexity index is 468. The van der Waals surface area contributed by atoms with Crippen LogP contribution in [0.15, 0.2) is 18.9 Å². The number of hydrogen-bond acceptors (Lipinski definition) is 5. The molecular weight excluding hydrogens is 242 g/mol. The van der Waals surface area contributed by atoms with Gasteiger partial charge in [-0.2, -0.15) is 5.10 Å². The van der Waals surface area contributed by atoms with Crippen LogP contribution in [-0.2, 0) is 16.6 Å². The molecule has 0 unspecified atom stereocenters. The predicted octanol–water partition coefficient (Wildman–Crippen LogP) is 1.05. The number of carbonyl (C=O) groups is 1. The van der Waals surface area contributed by atoms with Crippen molar-refractivity contribution in [2.75, 3.05) is 6.61 Å². The number of ether oxygens (including phenoxy) is 1. The molecule has 1 N–H and O–H groups in total. The standard InChI is InChI=1S/C10H13N3O5/c1-3-4-18-8(5-9(14)15)10-7(13(16)17)6-11-12(10)2/h3,6,8H,1,4-5H2,2H3,(H,14,15)/t8-/m1/s1. The summed E-state index contributed by atoms with van der Waals surface area (Å²) in [5, 5.41) is 23.4. The average Bonchev–Trinajstić information content (AvgIpc) is 2.66. The van der Waals surface area contributed by atoms with Crippen LogP contribution in [0.3, 0.4) is 0 Å². The molecule has 0 aromatic carbocycles. The maximum atomic E-state index is 10.8. The van der Waals surface area contributed by atoms with Gasteiger partial charge in [0.15, 0.2) is 0 Å². The summed E-state index contributed by atoms with van der Waals surface area (Å²) >= 11 is 0. The maximum Gasteiger partial charge on any atom is 0.312 e. The van der Waals surface area contributed by atoms with Gasteiger partial charge in [-0.3, -0.25) is 19.6 Å². The van der Waals surface area contributed by atoms with Crippen LogP contribution < -0.4 is 0 Å². The van der Waals surface area contributed by atoms with E-state index in [0.29, 0.717) is 0 Å². The summed E-state index contributed by atoms with van der Waals surface area (Å²) in [5.74, 6) is -1.11. The van der Waals surface area contributed by atoms with E-state index in [-0.39, 0.29) is 24.4 Å². The summed E-state index contributed by atoms with van der Waals surface area (Å²) in [6.45, 7) is 3.54. The lowest BCUT2D eigenvalue weighted by atomic mass is 10.1. The van der Waals surface area contributed by atoms with E-state index in [9.17, 15) is 14.9 Å². The minimum Gasteiger partial charge on any atom is -0.481 e. The van der Waals surface area contributed by atoms with Crippen molar-refractivity contribution >= 4 is 11.7 Å². The number of nitro groups is 1. The van der Waals surface area contributed by atoms with Crippen LogP contribution in [0.4, 0.5) is 5.69 Å². The molecule has 1 aromatic heterocycles. The summed E-state index contributed by atoms with van der Waals surface area (Å²) in [5.41, 5.74) is -0.128. The highest BCUT2D eigenvalue weighted by Crippen LogP contribution is 2.29. The van der Waals surface area contributed by atoms with Gasteiger partial charge in [-0.25, -0.2) is 0 Å². The van der Waals surface area contributed by atoms with E-state index in [2.05, 4.69) is 11.7 Å². The van der Waals surface area contributed by atoms with Crippen LogP contribution in [-0.4, -0.2) is 32.4 Å². The van der Waals surface area contributed by atoms with Gasteiger partial charge in [-0.1, -0.05) is 6.08 Å². The van der Waals surface area contributed by atoms with Gasteiger partial charge in [0.1, 0.15) is 18.0 Å². The lowest BCUT2D eigenvalue weighted by molar-refractivity contribution is -0.386. The van der Waals surface area contributed by atoms with E-state index >= 15 is 0 Å². The Morgan fingerprint density at radius 1 is 1.83 bits per heavy atom. The molecular formula is C10H13N3O5. The molecule has 0 bridgehead atoms. The van der Waals surface area contributed by atoms with E-state index in [1.807, 2.05) is 0 Å². The smallest absolute Gasteiger partial charge is 0.312 e. The van der Waals surface area contributed by atoms with Gasteiger partial charge in [-0.05, 0) is 0 Å². The molecule has 0 spiro atoms. The number of hydrogen-bond donors (Lipinski definition) is 1. The maximum absolute atomic E-state index is 10.8. The van der Waals surface area contributed by atoms with Gasteiger partial charge >= 0.3 is 11.7 Å². The van der Waals surface area contributed by atoms with Crippen molar-refractivity contribution in [3.05, 3.63) is 34.7 Å². The quantitative estimate of drug-likeness (QED) is 0.443. The lowest BCUT2D eigenvalue weighted by Crippen LogP contribution is -2.15. The predicted molar refractivity (Wildman–Crippen MR) is 61.0 cm³/mol. The molecule has 1 rings (SSSR count). The number of aromatic nitrogens is 2. The first-order chi connectivity index (χ1) is 8.47. The molecule has 8 nitrogen and oxygen atoms in total. The van der Waals surface area contributed by atoms with Crippen molar-refractivity contribution < 1.29 is 19.6 Å². The first-order valence-electron chi connectivity index (χ1n) is 5.08. The summed E-state index contributed by atoms with van der Waals surface area (Å²) in [7, 11) is 1.49. The van der Waals surface area contributed by atoms with Crippen LogP contribution in [0.25, 0.3) is 0 Å². The second-order valence-corrected chi connectivity index (χ2v) is 3.50. The molecule has 98 valence electrons. The Morgan fingerprint density at radius 3 is 3.00 bits per heavy atom. The Balaban J connectivity index is 3.10. The van der Waals surface area contributed by atoms with Crippen molar-refractivity contribution in [3.8, 4) is 0 Å². The minimum atomic E-state index is -1.11. The second kappa shape index (κ2) is 5.92. The van der Waals surface area contributed by atoms with Crippen molar-refractivity contribution in [2.24, 2.45) is 7.05 Å². The average molecular weight is 255 g/mol. The van der Waals surface area contributed by atoms with Crippen molar-refractivity contribution in [3.63, 3.8) is 0 Å². The minimum absolute atomic E-state index is 0.0975. The summed E-state index contributed by atoms with van der Waals surface area (Å²) in [6.07, 6.45) is 1.19. The Hall–Kier alpha value is -2.22. The van der Waals surface area contributed by atoms with E-state index in [4.69, 9.17) is 9.84 Å². The van der Waals surface area contributed by atoms with E-state index < -0.39 is 17.0 Å². The first kappa shape index (κ1) is 13.8. The summed E-state index contributed by atoms with van der Waals surface area (Å²) in [4.78, 5) is 21.0. The normalized spacial score (nSPS) is 12.1. The fraction of sp³-hybridized carbons (Fsp3) is 0.400. The number of rotatable bonds is 7. The molecule has 8 heteroatoms. The van der Waals surface area contributed by atoms with Crippen LogP contribution in [0, 0.1) is 10.1 Å². The molecule has 0 aliphatic carbocycles. The van der Waals surface area contributed by atoms with E-state index in [1.54, 1.807) is 0 Å². The zero-order valence-corrected chi connectivity index (χ0v) is 9.78. The molecule has 1 aromatic rings. The highest BCUT2D eigenvalue weighted by Gasteiger charge is 2.29. The number of carboxylic acids is 1. The van der Waals surface area contributed by atoms with Crippen molar-refractivity contribution in [1.29, 1.82) is 0 Å². The zero-order chi connectivity index (χ0) is 13.7. The van der Waals surface area contributed by atoms with Gasteiger partial charge in [0, 0.05) is 7.05 Å². The largest absolute Gasteiger partial charge is 0.481 e. The highest BCUT2D eigenvalue weighted by molar-refractivity contribution is 5.68.